The third-order valence-electron chi connectivity index (χ3n) is 5.45. The van der Waals surface area contributed by atoms with E-state index in [-0.39, 0.29) is 5.91 Å². The molecule has 1 aliphatic rings. The molecule has 1 aliphatic carbocycles. The molecule has 5 heteroatoms. The van der Waals surface area contributed by atoms with E-state index >= 15 is 0 Å². The second-order valence-corrected chi connectivity index (χ2v) is 8.47. The SMILES string of the molecule is O=C(C=Cc1ccccc1)N(CCc1csc2nc(-c3ccccc3)cn12)C1CC1. The van der Waals surface area contributed by atoms with Gasteiger partial charge in [-0.05, 0) is 24.5 Å². The number of rotatable bonds is 7. The van der Waals surface area contributed by atoms with Gasteiger partial charge in [-0.25, -0.2) is 4.98 Å². The fourth-order valence-corrected chi connectivity index (χ4v) is 4.59. The van der Waals surface area contributed by atoms with E-state index in [1.54, 1.807) is 17.4 Å². The average molecular weight is 414 g/mol. The monoisotopic (exact) mass is 413 g/mol. The minimum absolute atomic E-state index is 0.100. The van der Waals surface area contributed by atoms with E-state index in [2.05, 4.69) is 28.1 Å². The molecule has 150 valence electrons. The van der Waals surface area contributed by atoms with Gasteiger partial charge in [0, 0.05) is 47.9 Å². The van der Waals surface area contributed by atoms with E-state index < -0.39 is 0 Å². The summed E-state index contributed by atoms with van der Waals surface area (Å²) in [5.41, 5.74) is 4.37. The summed E-state index contributed by atoms with van der Waals surface area (Å²) >= 11 is 1.66. The van der Waals surface area contributed by atoms with Gasteiger partial charge in [-0.1, -0.05) is 60.7 Å². The number of carbonyl (C=O) groups is 1. The second kappa shape index (κ2) is 8.28. The molecule has 1 fully saturated rings. The highest BCUT2D eigenvalue weighted by molar-refractivity contribution is 7.15. The molecule has 0 bridgehead atoms. The third kappa shape index (κ3) is 4.07. The summed E-state index contributed by atoms with van der Waals surface area (Å²) in [6.07, 6.45) is 8.76. The molecule has 1 saturated carbocycles. The lowest BCUT2D eigenvalue weighted by Gasteiger charge is -2.20. The Labute approximate surface area is 180 Å². The molecule has 2 heterocycles. The van der Waals surface area contributed by atoms with Crippen LogP contribution in [0.2, 0.25) is 0 Å². The molecule has 0 radical (unpaired) electrons. The Morgan fingerprint density at radius 3 is 2.57 bits per heavy atom. The molecular formula is C25H23N3OS. The van der Waals surface area contributed by atoms with Crippen molar-refractivity contribution in [2.24, 2.45) is 0 Å². The smallest absolute Gasteiger partial charge is 0.246 e. The molecule has 30 heavy (non-hydrogen) atoms. The van der Waals surface area contributed by atoms with Gasteiger partial charge in [0.05, 0.1) is 5.69 Å². The number of amides is 1. The molecule has 0 N–H and O–H groups in total. The summed E-state index contributed by atoms with van der Waals surface area (Å²) in [6, 6.07) is 20.6. The van der Waals surface area contributed by atoms with Gasteiger partial charge in [0.15, 0.2) is 4.96 Å². The Morgan fingerprint density at radius 1 is 1.10 bits per heavy atom. The van der Waals surface area contributed by atoms with Crippen LogP contribution in [0.3, 0.4) is 0 Å². The van der Waals surface area contributed by atoms with Crippen molar-refractivity contribution in [2.45, 2.75) is 25.3 Å². The Morgan fingerprint density at radius 2 is 1.83 bits per heavy atom. The third-order valence-corrected chi connectivity index (χ3v) is 6.34. The molecule has 1 amide bonds. The number of aromatic nitrogens is 2. The Bertz CT molecular complexity index is 1170. The first-order valence-corrected chi connectivity index (χ1v) is 11.2. The molecule has 4 nitrogen and oxygen atoms in total. The lowest BCUT2D eigenvalue weighted by molar-refractivity contribution is -0.126. The number of carbonyl (C=O) groups excluding carboxylic acids is 1. The van der Waals surface area contributed by atoms with Crippen LogP contribution < -0.4 is 0 Å². The largest absolute Gasteiger partial charge is 0.336 e. The van der Waals surface area contributed by atoms with E-state index in [1.165, 1.54) is 5.69 Å². The van der Waals surface area contributed by atoms with Crippen LogP contribution in [0, 0.1) is 0 Å². The fraction of sp³-hybridized carbons (Fsp3) is 0.200. The average Bonchev–Trinajstić information content (AvgIpc) is 3.42. The van der Waals surface area contributed by atoms with E-state index in [4.69, 9.17) is 4.98 Å². The zero-order chi connectivity index (χ0) is 20.3. The van der Waals surface area contributed by atoms with Crippen LogP contribution in [-0.2, 0) is 11.2 Å². The molecule has 2 aromatic carbocycles. The molecule has 5 rings (SSSR count). The molecule has 0 spiro atoms. The highest BCUT2D eigenvalue weighted by Gasteiger charge is 2.31. The van der Waals surface area contributed by atoms with Crippen molar-refractivity contribution in [3.8, 4) is 11.3 Å². The molecular weight excluding hydrogens is 390 g/mol. The maximum Gasteiger partial charge on any atom is 0.246 e. The van der Waals surface area contributed by atoms with Crippen molar-refractivity contribution in [2.75, 3.05) is 6.54 Å². The van der Waals surface area contributed by atoms with Gasteiger partial charge in [-0.15, -0.1) is 11.3 Å². The lowest BCUT2D eigenvalue weighted by atomic mass is 10.2. The molecule has 0 atom stereocenters. The van der Waals surface area contributed by atoms with Crippen molar-refractivity contribution >= 4 is 28.3 Å². The summed E-state index contributed by atoms with van der Waals surface area (Å²) in [4.78, 5) is 20.6. The van der Waals surface area contributed by atoms with Crippen LogP contribution in [-0.4, -0.2) is 32.8 Å². The predicted octanol–water partition coefficient (Wildman–Crippen LogP) is 5.31. The van der Waals surface area contributed by atoms with Crippen LogP contribution in [0.15, 0.2) is 78.3 Å². The van der Waals surface area contributed by atoms with Crippen LogP contribution in [0.4, 0.5) is 0 Å². The quantitative estimate of drug-likeness (QED) is 0.385. The number of hydrogen-bond donors (Lipinski definition) is 0. The Hall–Kier alpha value is -3.18. The number of thiazole rings is 1. The zero-order valence-corrected chi connectivity index (χ0v) is 17.5. The van der Waals surface area contributed by atoms with Crippen molar-refractivity contribution in [3.05, 3.63) is 89.6 Å². The molecule has 2 aromatic heterocycles. The van der Waals surface area contributed by atoms with Crippen LogP contribution in [0.25, 0.3) is 22.3 Å². The normalized spacial score (nSPS) is 13.9. The van der Waals surface area contributed by atoms with Crippen molar-refractivity contribution in [1.82, 2.24) is 14.3 Å². The molecule has 4 aromatic rings. The Kier molecular flexibility index (Phi) is 5.20. The van der Waals surface area contributed by atoms with Crippen molar-refractivity contribution < 1.29 is 4.79 Å². The fourth-order valence-electron chi connectivity index (χ4n) is 3.68. The van der Waals surface area contributed by atoms with Crippen molar-refractivity contribution in [1.29, 1.82) is 0 Å². The maximum absolute atomic E-state index is 12.8. The standard InChI is InChI=1S/C25H23N3OS/c29-24(14-11-19-7-3-1-4-8-19)27(21-12-13-21)16-15-22-18-30-25-26-23(17-28(22)25)20-9-5-2-6-10-20/h1-11,14,17-18,21H,12-13,15-16H2. The first kappa shape index (κ1) is 18.8. The number of hydrogen-bond acceptors (Lipinski definition) is 3. The van der Waals surface area contributed by atoms with Gasteiger partial charge in [0.25, 0.3) is 0 Å². The Balaban J connectivity index is 1.30. The highest BCUT2D eigenvalue weighted by atomic mass is 32.1. The summed E-state index contributed by atoms with van der Waals surface area (Å²) in [6.45, 7) is 0.729. The summed E-state index contributed by atoms with van der Waals surface area (Å²) < 4.78 is 2.17. The minimum atomic E-state index is 0.100. The van der Waals surface area contributed by atoms with Crippen LogP contribution in [0.1, 0.15) is 24.1 Å². The summed E-state index contributed by atoms with van der Waals surface area (Å²) in [5, 5.41) is 2.16. The second-order valence-electron chi connectivity index (χ2n) is 7.63. The van der Waals surface area contributed by atoms with Gasteiger partial charge >= 0.3 is 0 Å². The summed E-state index contributed by atoms with van der Waals surface area (Å²) in [5.74, 6) is 0.100. The molecule has 0 aliphatic heterocycles. The first-order chi connectivity index (χ1) is 14.8. The zero-order valence-electron chi connectivity index (χ0n) is 16.6. The number of imidazole rings is 1. The van der Waals surface area contributed by atoms with Crippen molar-refractivity contribution in [3.63, 3.8) is 0 Å². The molecule has 0 unspecified atom stereocenters. The van der Waals surface area contributed by atoms with Gasteiger partial charge in [0.1, 0.15) is 0 Å². The van der Waals surface area contributed by atoms with E-state index in [0.717, 1.165) is 47.6 Å². The van der Waals surface area contributed by atoms with E-state index in [1.807, 2.05) is 59.5 Å². The number of nitrogens with zero attached hydrogens (tertiary/aromatic N) is 3. The number of benzene rings is 2. The highest BCUT2D eigenvalue weighted by Crippen LogP contribution is 2.28. The van der Waals surface area contributed by atoms with Gasteiger partial charge in [-0.2, -0.15) is 0 Å². The maximum atomic E-state index is 12.8. The van der Waals surface area contributed by atoms with E-state index in [0.29, 0.717) is 6.04 Å². The van der Waals surface area contributed by atoms with Crippen LogP contribution in [0.5, 0.6) is 0 Å². The van der Waals surface area contributed by atoms with Gasteiger partial charge in [0.2, 0.25) is 5.91 Å². The molecule has 0 saturated heterocycles. The predicted molar refractivity (Wildman–Crippen MR) is 122 cm³/mol. The topological polar surface area (TPSA) is 37.6 Å². The van der Waals surface area contributed by atoms with Gasteiger partial charge < -0.3 is 4.90 Å². The lowest BCUT2D eigenvalue weighted by Crippen LogP contribution is -2.33. The van der Waals surface area contributed by atoms with Gasteiger partial charge in [-0.3, -0.25) is 9.20 Å². The van der Waals surface area contributed by atoms with E-state index in [9.17, 15) is 4.79 Å². The first-order valence-electron chi connectivity index (χ1n) is 10.3. The van der Waals surface area contributed by atoms with Crippen LogP contribution >= 0.6 is 11.3 Å². The minimum Gasteiger partial charge on any atom is -0.336 e. The summed E-state index contributed by atoms with van der Waals surface area (Å²) in [7, 11) is 0. The number of fused-ring (bicyclic) bond motifs is 1.